The van der Waals surface area contributed by atoms with Gasteiger partial charge in [0.1, 0.15) is 0 Å². The fourth-order valence-corrected chi connectivity index (χ4v) is 5.05. The lowest BCUT2D eigenvalue weighted by Crippen LogP contribution is -2.41. The molecule has 1 fully saturated rings. The number of hydrogen-bond acceptors (Lipinski definition) is 8. The first kappa shape index (κ1) is 30.0. The van der Waals surface area contributed by atoms with Gasteiger partial charge in [0.05, 0.1) is 29.6 Å². The number of anilines is 2. The predicted octanol–water partition coefficient (Wildman–Crippen LogP) is 2.41. The molecule has 15 heteroatoms. The molecule has 5 rings (SSSR count). The highest BCUT2D eigenvalue weighted by atomic mass is 19.4. The van der Waals surface area contributed by atoms with Crippen LogP contribution in [-0.4, -0.2) is 72.9 Å². The summed E-state index contributed by atoms with van der Waals surface area (Å²) in [6.07, 6.45) is 1.99. The van der Waals surface area contributed by atoms with Crippen LogP contribution in [0.2, 0.25) is 0 Å². The van der Waals surface area contributed by atoms with E-state index in [2.05, 4.69) is 36.3 Å². The van der Waals surface area contributed by atoms with E-state index in [1.54, 1.807) is 12.1 Å². The molecule has 1 aromatic carbocycles. The van der Waals surface area contributed by atoms with E-state index in [9.17, 15) is 27.9 Å². The number of aliphatic hydroxyl groups excluding tert-OH is 1. The zero-order valence-electron chi connectivity index (χ0n) is 23.6. The number of β-amino-alcohol motifs (C(OH)–C–C–N with tert-alkyl or cyclic N) is 1. The molecule has 1 aliphatic rings. The number of nitrogens with zero attached hydrogens (tertiary/aromatic N) is 5. The second kappa shape index (κ2) is 12.4. The van der Waals surface area contributed by atoms with E-state index in [0.717, 1.165) is 10.2 Å². The molecule has 4 heterocycles. The van der Waals surface area contributed by atoms with Gasteiger partial charge in [-0.3, -0.25) is 18.7 Å². The van der Waals surface area contributed by atoms with Crippen LogP contribution in [0.1, 0.15) is 41.4 Å². The Labute approximate surface area is 244 Å². The molecule has 0 aliphatic carbocycles. The van der Waals surface area contributed by atoms with E-state index in [-0.39, 0.29) is 23.1 Å². The summed E-state index contributed by atoms with van der Waals surface area (Å²) < 4.78 is 43.4. The molecule has 5 N–H and O–H groups in total. The molecule has 2 amide bonds. The third-order valence-electron chi connectivity index (χ3n) is 7.16. The highest BCUT2D eigenvalue weighted by Gasteiger charge is 2.38. The van der Waals surface area contributed by atoms with Gasteiger partial charge in [-0.05, 0) is 43.0 Å². The Morgan fingerprint density at radius 1 is 1.19 bits per heavy atom. The molecular formula is C28H32F3N9O3. The largest absolute Gasteiger partial charge is 0.435 e. The van der Waals surface area contributed by atoms with Gasteiger partial charge in [-0.15, -0.1) is 0 Å². The topological polar surface area (TPSA) is 150 Å². The quantitative estimate of drug-likeness (QED) is 0.175. The SMILES string of the molecule is CCc1cc(Nc2nccn3c(-c4cn(C)nc4C(F)(F)F)cnc23)ccc1C(=O)NCCCNC(=O)C1CC(O)CN1. The first-order chi connectivity index (χ1) is 20.5. The van der Waals surface area contributed by atoms with Crippen molar-refractivity contribution in [2.75, 3.05) is 25.0 Å². The van der Waals surface area contributed by atoms with Gasteiger partial charge in [0.25, 0.3) is 5.91 Å². The Kier molecular flexibility index (Phi) is 8.64. The average molecular weight is 600 g/mol. The standard InChI is InChI=1S/C28H32F3N9O3/c1-3-16-11-17(5-6-19(16)26(42)33-7-4-8-34-27(43)21-12-18(41)13-35-21)37-24-25-36-14-22(40(25)10-9-32-24)20-15-39(2)38-23(20)28(29,30)31/h5-6,9-11,14-15,18,21,35,41H,3-4,7-8,12-13H2,1-2H3,(H,32,37)(H,33,42)(H,34,43). The van der Waals surface area contributed by atoms with E-state index in [1.165, 1.54) is 36.2 Å². The zero-order valence-corrected chi connectivity index (χ0v) is 23.6. The van der Waals surface area contributed by atoms with Crippen LogP contribution in [0.5, 0.6) is 0 Å². The van der Waals surface area contributed by atoms with Crippen LogP contribution >= 0.6 is 0 Å². The third kappa shape index (κ3) is 6.62. The highest BCUT2D eigenvalue weighted by Crippen LogP contribution is 2.36. The van der Waals surface area contributed by atoms with Crippen LogP contribution in [0.4, 0.5) is 24.7 Å². The second-order valence-corrected chi connectivity index (χ2v) is 10.3. The number of amides is 2. The Balaban J connectivity index is 1.24. The first-order valence-corrected chi connectivity index (χ1v) is 13.9. The van der Waals surface area contributed by atoms with E-state index in [4.69, 9.17) is 0 Å². The maximum absolute atomic E-state index is 13.6. The minimum Gasteiger partial charge on any atom is -0.392 e. The van der Waals surface area contributed by atoms with Crippen molar-refractivity contribution in [1.82, 2.24) is 40.1 Å². The number of aliphatic hydroxyl groups is 1. The second-order valence-electron chi connectivity index (χ2n) is 10.3. The molecule has 12 nitrogen and oxygen atoms in total. The number of fused-ring (bicyclic) bond motifs is 1. The van der Waals surface area contributed by atoms with Gasteiger partial charge in [-0.25, -0.2) is 9.97 Å². The zero-order chi connectivity index (χ0) is 30.7. The summed E-state index contributed by atoms with van der Waals surface area (Å²) >= 11 is 0. The van der Waals surface area contributed by atoms with E-state index in [0.29, 0.717) is 61.6 Å². The molecule has 4 aromatic rings. The molecule has 0 saturated carbocycles. The van der Waals surface area contributed by atoms with Crippen molar-refractivity contribution in [1.29, 1.82) is 0 Å². The average Bonchev–Trinajstić information content (AvgIpc) is 3.70. The summed E-state index contributed by atoms with van der Waals surface area (Å²) in [6.45, 7) is 3.08. The Hall–Kier alpha value is -4.50. The minimum atomic E-state index is -4.63. The van der Waals surface area contributed by atoms with E-state index >= 15 is 0 Å². The first-order valence-electron chi connectivity index (χ1n) is 13.9. The van der Waals surface area contributed by atoms with Gasteiger partial charge < -0.3 is 26.4 Å². The maximum Gasteiger partial charge on any atom is 0.435 e. The fraction of sp³-hybridized carbons (Fsp3) is 0.393. The Bertz CT molecular complexity index is 1630. The van der Waals surface area contributed by atoms with Crippen molar-refractivity contribution < 1.29 is 27.9 Å². The summed E-state index contributed by atoms with van der Waals surface area (Å²) in [5.41, 5.74) is 1.35. The molecule has 3 aromatic heterocycles. The number of aryl methyl sites for hydroxylation is 2. The van der Waals surface area contributed by atoms with Crippen molar-refractivity contribution in [2.45, 2.75) is 44.5 Å². The molecule has 2 unspecified atom stereocenters. The van der Waals surface area contributed by atoms with Gasteiger partial charge in [-0.2, -0.15) is 18.3 Å². The normalized spacial score (nSPS) is 16.9. The molecule has 0 radical (unpaired) electrons. The number of nitrogens with one attached hydrogen (secondary N) is 4. The number of hydrogen-bond donors (Lipinski definition) is 5. The summed E-state index contributed by atoms with van der Waals surface area (Å²) in [6, 6.07) is 4.83. The molecule has 1 aliphatic heterocycles. The molecule has 43 heavy (non-hydrogen) atoms. The third-order valence-corrected chi connectivity index (χ3v) is 7.16. The lowest BCUT2D eigenvalue weighted by Gasteiger charge is -2.13. The molecule has 0 spiro atoms. The molecule has 2 atom stereocenters. The number of rotatable bonds is 10. The highest BCUT2D eigenvalue weighted by molar-refractivity contribution is 5.96. The van der Waals surface area contributed by atoms with Gasteiger partial charge >= 0.3 is 6.18 Å². The van der Waals surface area contributed by atoms with Crippen molar-refractivity contribution in [2.24, 2.45) is 7.05 Å². The van der Waals surface area contributed by atoms with Crippen molar-refractivity contribution >= 4 is 29.0 Å². The van der Waals surface area contributed by atoms with Crippen LogP contribution < -0.4 is 21.3 Å². The molecule has 228 valence electrons. The molecular weight excluding hydrogens is 567 g/mol. The summed E-state index contributed by atoms with van der Waals surface area (Å²) in [4.78, 5) is 33.7. The summed E-state index contributed by atoms with van der Waals surface area (Å²) in [5.74, 6) is -0.0840. The van der Waals surface area contributed by atoms with Crippen LogP contribution in [0.3, 0.4) is 0 Å². The van der Waals surface area contributed by atoms with Gasteiger partial charge in [0.15, 0.2) is 17.2 Å². The minimum absolute atomic E-state index is 0.101. The number of carbonyl (C=O) groups is 2. The van der Waals surface area contributed by atoms with Crippen LogP contribution in [0.25, 0.3) is 16.9 Å². The summed E-state index contributed by atoms with van der Waals surface area (Å²) in [7, 11) is 1.42. The van der Waals surface area contributed by atoms with Crippen LogP contribution in [0.15, 0.2) is 43.0 Å². The van der Waals surface area contributed by atoms with Gasteiger partial charge in [-0.1, -0.05) is 6.92 Å². The van der Waals surface area contributed by atoms with Crippen LogP contribution in [0, 0.1) is 0 Å². The summed E-state index contributed by atoms with van der Waals surface area (Å²) in [5, 5.41) is 24.9. The number of alkyl halides is 3. The molecule has 1 saturated heterocycles. The lowest BCUT2D eigenvalue weighted by atomic mass is 10.0. The number of benzene rings is 1. The monoisotopic (exact) mass is 599 g/mol. The Morgan fingerprint density at radius 2 is 1.98 bits per heavy atom. The van der Waals surface area contributed by atoms with Crippen LogP contribution in [-0.2, 0) is 24.4 Å². The Morgan fingerprint density at radius 3 is 2.70 bits per heavy atom. The number of aromatic nitrogens is 5. The molecule has 0 bridgehead atoms. The fourth-order valence-electron chi connectivity index (χ4n) is 5.05. The predicted molar refractivity (Wildman–Crippen MR) is 152 cm³/mol. The smallest absolute Gasteiger partial charge is 0.392 e. The maximum atomic E-state index is 13.6. The van der Waals surface area contributed by atoms with Gasteiger partial charge in [0.2, 0.25) is 5.91 Å². The number of imidazole rings is 1. The van der Waals surface area contributed by atoms with Crippen molar-refractivity contribution in [3.05, 3.63) is 59.8 Å². The van der Waals surface area contributed by atoms with E-state index in [1.807, 2.05) is 13.0 Å². The lowest BCUT2D eigenvalue weighted by molar-refractivity contribution is -0.141. The van der Waals surface area contributed by atoms with E-state index < -0.39 is 24.0 Å². The number of carbonyl (C=O) groups excluding carboxylic acids is 2. The number of halogens is 3. The van der Waals surface area contributed by atoms with Crippen molar-refractivity contribution in [3.8, 4) is 11.3 Å². The van der Waals surface area contributed by atoms with Crippen molar-refractivity contribution in [3.63, 3.8) is 0 Å². The van der Waals surface area contributed by atoms with Gasteiger partial charge in [0, 0.05) is 56.5 Å².